The molecular weight excluding hydrogens is 214 g/mol. The van der Waals surface area contributed by atoms with Crippen LogP contribution in [-0.4, -0.2) is 11.6 Å². The lowest BCUT2D eigenvalue weighted by Gasteiger charge is -2.35. The molecule has 0 aliphatic heterocycles. The topological polar surface area (TPSA) is 12.0 Å². The fourth-order valence-corrected chi connectivity index (χ4v) is 3.07. The van der Waals surface area contributed by atoms with Gasteiger partial charge in [0.2, 0.25) is 0 Å². The molecule has 1 atom stereocenters. The average Bonchev–Trinajstić information content (AvgIpc) is 2.79. The first-order chi connectivity index (χ1) is 7.65. The molecule has 0 saturated heterocycles. The van der Waals surface area contributed by atoms with E-state index in [9.17, 15) is 0 Å². The Kier molecular flexibility index (Phi) is 5.50. The first-order valence-corrected chi connectivity index (χ1v) is 7.38. The van der Waals surface area contributed by atoms with Gasteiger partial charge in [-0.1, -0.05) is 20.8 Å². The van der Waals surface area contributed by atoms with Crippen molar-refractivity contribution in [1.82, 2.24) is 5.32 Å². The zero-order valence-electron chi connectivity index (χ0n) is 11.0. The highest BCUT2D eigenvalue weighted by molar-refractivity contribution is 7.07. The first-order valence-electron chi connectivity index (χ1n) is 6.44. The number of hydrogen-bond donors (Lipinski definition) is 1. The summed E-state index contributed by atoms with van der Waals surface area (Å²) in [4.78, 5) is 0. The van der Waals surface area contributed by atoms with Gasteiger partial charge in [-0.15, -0.1) is 0 Å². The van der Waals surface area contributed by atoms with E-state index in [1.165, 1.54) is 24.8 Å². The average molecular weight is 239 g/mol. The van der Waals surface area contributed by atoms with Crippen molar-refractivity contribution in [3.05, 3.63) is 22.4 Å². The van der Waals surface area contributed by atoms with Crippen molar-refractivity contribution < 1.29 is 0 Å². The summed E-state index contributed by atoms with van der Waals surface area (Å²) < 4.78 is 0. The summed E-state index contributed by atoms with van der Waals surface area (Å²) in [5.41, 5.74) is 1.80. The third-order valence-electron chi connectivity index (χ3n) is 3.70. The smallest absolute Gasteiger partial charge is 0.0176 e. The SMILES string of the molecule is CCC(CC)(CC)NC(C)Cc1ccsc1. The Labute approximate surface area is 104 Å². The van der Waals surface area contributed by atoms with Gasteiger partial charge in [-0.2, -0.15) is 11.3 Å². The van der Waals surface area contributed by atoms with Crippen LogP contribution in [-0.2, 0) is 6.42 Å². The second-order valence-corrected chi connectivity index (χ2v) is 5.50. The van der Waals surface area contributed by atoms with E-state index in [1.807, 2.05) is 0 Å². The molecule has 0 bridgehead atoms. The second kappa shape index (κ2) is 6.41. The minimum absolute atomic E-state index is 0.343. The Balaban J connectivity index is 2.51. The minimum Gasteiger partial charge on any atom is -0.308 e. The van der Waals surface area contributed by atoms with E-state index in [1.54, 1.807) is 11.3 Å². The van der Waals surface area contributed by atoms with Crippen molar-refractivity contribution in [2.45, 2.75) is 65.0 Å². The minimum atomic E-state index is 0.343. The highest BCUT2D eigenvalue weighted by Gasteiger charge is 2.25. The largest absolute Gasteiger partial charge is 0.308 e. The predicted octanol–water partition coefficient (Wildman–Crippen LogP) is 4.24. The predicted molar refractivity (Wildman–Crippen MR) is 74.2 cm³/mol. The summed E-state index contributed by atoms with van der Waals surface area (Å²) in [6, 6.07) is 2.79. The van der Waals surface area contributed by atoms with Crippen LogP contribution in [0.15, 0.2) is 16.8 Å². The van der Waals surface area contributed by atoms with Crippen LogP contribution < -0.4 is 5.32 Å². The molecule has 1 N–H and O–H groups in total. The third kappa shape index (κ3) is 3.60. The van der Waals surface area contributed by atoms with Crippen LogP contribution in [0, 0.1) is 0 Å². The van der Waals surface area contributed by atoms with Gasteiger partial charge in [0.15, 0.2) is 0 Å². The molecule has 0 amide bonds. The molecule has 1 aromatic rings. The number of thiophene rings is 1. The van der Waals surface area contributed by atoms with Crippen LogP contribution in [0.5, 0.6) is 0 Å². The molecule has 0 aromatic carbocycles. The normalized spacial score (nSPS) is 14.0. The van der Waals surface area contributed by atoms with Crippen molar-refractivity contribution in [3.63, 3.8) is 0 Å². The maximum Gasteiger partial charge on any atom is 0.0176 e. The van der Waals surface area contributed by atoms with E-state index in [4.69, 9.17) is 0 Å². The van der Waals surface area contributed by atoms with Crippen LogP contribution >= 0.6 is 11.3 Å². The third-order valence-corrected chi connectivity index (χ3v) is 4.44. The maximum absolute atomic E-state index is 3.82. The molecule has 0 aliphatic rings. The molecule has 16 heavy (non-hydrogen) atoms. The summed E-state index contributed by atoms with van der Waals surface area (Å²) in [6.45, 7) is 9.17. The molecule has 1 nitrogen and oxygen atoms in total. The fraction of sp³-hybridized carbons (Fsp3) is 0.714. The van der Waals surface area contributed by atoms with Crippen molar-refractivity contribution in [2.24, 2.45) is 0 Å². The van der Waals surface area contributed by atoms with Gasteiger partial charge in [-0.3, -0.25) is 0 Å². The Morgan fingerprint density at radius 1 is 1.25 bits per heavy atom. The van der Waals surface area contributed by atoms with Gasteiger partial charge in [-0.25, -0.2) is 0 Å². The first kappa shape index (κ1) is 13.7. The lowest BCUT2D eigenvalue weighted by molar-refractivity contribution is 0.260. The second-order valence-electron chi connectivity index (χ2n) is 4.72. The van der Waals surface area contributed by atoms with E-state index in [2.05, 4.69) is 49.8 Å². The summed E-state index contributed by atoms with van der Waals surface area (Å²) in [5.74, 6) is 0. The summed E-state index contributed by atoms with van der Waals surface area (Å²) >= 11 is 1.79. The van der Waals surface area contributed by atoms with E-state index in [0.717, 1.165) is 6.42 Å². The van der Waals surface area contributed by atoms with Crippen molar-refractivity contribution in [2.75, 3.05) is 0 Å². The van der Waals surface area contributed by atoms with Crippen molar-refractivity contribution in [3.8, 4) is 0 Å². The van der Waals surface area contributed by atoms with E-state index in [0.29, 0.717) is 11.6 Å². The molecule has 0 aliphatic carbocycles. The van der Waals surface area contributed by atoms with Crippen LogP contribution in [0.3, 0.4) is 0 Å². The molecule has 0 spiro atoms. The molecule has 0 saturated carbocycles. The van der Waals surface area contributed by atoms with Gasteiger partial charge in [-0.05, 0) is 55.0 Å². The standard InChI is InChI=1S/C14H25NS/c1-5-14(6-2,7-3)15-12(4)10-13-8-9-16-11-13/h8-9,11-12,15H,5-7,10H2,1-4H3. The maximum atomic E-state index is 3.82. The summed E-state index contributed by atoms with van der Waals surface area (Å²) in [7, 11) is 0. The summed E-state index contributed by atoms with van der Waals surface area (Å²) in [5, 5.41) is 8.24. The van der Waals surface area contributed by atoms with Gasteiger partial charge in [0.05, 0.1) is 0 Å². The molecule has 0 radical (unpaired) electrons. The quantitative estimate of drug-likeness (QED) is 0.750. The van der Waals surface area contributed by atoms with Gasteiger partial charge in [0.1, 0.15) is 0 Å². The van der Waals surface area contributed by atoms with E-state index >= 15 is 0 Å². The Morgan fingerprint density at radius 2 is 1.88 bits per heavy atom. The molecule has 1 aromatic heterocycles. The van der Waals surface area contributed by atoms with E-state index in [-0.39, 0.29) is 0 Å². The molecule has 1 heterocycles. The molecule has 92 valence electrons. The molecule has 2 heteroatoms. The Morgan fingerprint density at radius 3 is 2.31 bits per heavy atom. The monoisotopic (exact) mass is 239 g/mol. The lowest BCUT2D eigenvalue weighted by atomic mass is 9.88. The van der Waals surface area contributed by atoms with Crippen molar-refractivity contribution in [1.29, 1.82) is 0 Å². The van der Waals surface area contributed by atoms with Crippen LogP contribution in [0.4, 0.5) is 0 Å². The fourth-order valence-electron chi connectivity index (χ4n) is 2.39. The number of rotatable bonds is 7. The molecule has 0 fully saturated rings. The zero-order valence-corrected chi connectivity index (χ0v) is 11.9. The molecule has 1 unspecified atom stereocenters. The molecule has 1 rings (SSSR count). The van der Waals surface area contributed by atoms with Crippen LogP contribution in [0.2, 0.25) is 0 Å². The Hall–Kier alpha value is -0.340. The van der Waals surface area contributed by atoms with Gasteiger partial charge >= 0.3 is 0 Å². The number of hydrogen-bond acceptors (Lipinski definition) is 2. The Bertz CT molecular complexity index is 267. The lowest BCUT2D eigenvalue weighted by Crippen LogP contribution is -2.48. The van der Waals surface area contributed by atoms with Crippen molar-refractivity contribution >= 4 is 11.3 Å². The summed E-state index contributed by atoms with van der Waals surface area (Å²) in [6.07, 6.45) is 4.79. The number of nitrogens with one attached hydrogen (secondary N) is 1. The van der Waals surface area contributed by atoms with Gasteiger partial charge in [0, 0.05) is 11.6 Å². The van der Waals surface area contributed by atoms with Crippen LogP contribution in [0.25, 0.3) is 0 Å². The highest BCUT2D eigenvalue weighted by atomic mass is 32.1. The van der Waals surface area contributed by atoms with Gasteiger partial charge < -0.3 is 5.32 Å². The highest BCUT2D eigenvalue weighted by Crippen LogP contribution is 2.21. The zero-order chi connectivity index (χ0) is 12.0. The van der Waals surface area contributed by atoms with Crippen LogP contribution in [0.1, 0.15) is 52.5 Å². The van der Waals surface area contributed by atoms with E-state index < -0.39 is 0 Å². The molecular formula is C14H25NS. The van der Waals surface area contributed by atoms with Gasteiger partial charge in [0.25, 0.3) is 0 Å².